The summed E-state index contributed by atoms with van der Waals surface area (Å²) in [6.07, 6.45) is -2.89. The lowest BCUT2D eigenvalue weighted by molar-refractivity contribution is -0.137. The number of rotatable bonds is 5. The zero-order valence-corrected chi connectivity index (χ0v) is 13.1. The van der Waals surface area contributed by atoms with Gasteiger partial charge in [0.1, 0.15) is 11.5 Å². The van der Waals surface area contributed by atoms with Gasteiger partial charge in [-0.3, -0.25) is 0 Å². The Kier molecular flexibility index (Phi) is 4.88. The third-order valence-corrected chi connectivity index (χ3v) is 3.51. The maximum Gasteiger partial charge on any atom is 0.416 e. The zero-order valence-electron chi connectivity index (χ0n) is 13.1. The normalized spacial score (nSPS) is 11.8. The summed E-state index contributed by atoms with van der Waals surface area (Å²) in [5, 5.41) is 4.05. The van der Waals surface area contributed by atoms with Gasteiger partial charge in [-0.2, -0.15) is 18.3 Å². The molecule has 0 amide bonds. The molecule has 25 heavy (non-hydrogen) atoms. The molecule has 0 aliphatic carbocycles. The molecule has 0 atom stereocenters. The number of hydrogen-bond acceptors (Lipinski definition) is 3. The maximum atomic E-state index is 12.8. The lowest BCUT2D eigenvalue weighted by atomic mass is 10.1. The summed E-state index contributed by atoms with van der Waals surface area (Å²) in [7, 11) is 0. The van der Waals surface area contributed by atoms with Gasteiger partial charge in [-0.25, -0.2) is 0 Å². The molecule has 0 bridgehead atoms. The van der Waals surface area contributed by atoms with E-state index in [0.29, 0.717) is 23.6 Å². The van der Waals surface area contributed by atoms with Crippen molar-refractivity contribution in [1.29, 1.82) is 0 Å². The molecule has 0 aliphatic heterocycles. The maximum absolute atomic E-state index is 12.8. The van der Waals surface area contributed by atoms with E-state index in [9.17, 15) is 13.2 Å². The average Bonchev–Trinajstić information content (AvgIpc) is 3.08. The van der Waals surface area contributed by atoms with Crippen LogP contribution in [-0.2, 0) is 12.7 Å². The van der Waals surface area contributed by atoms with Gasteiger partial charge in [0.2, 0.25) is 0 Å². The van der Waals surface area contributed by atoms with Gasteiger partial charge in [0.05, 0.1) is 18.3 Å². The van der Waals surface area contributed by atoms with E-state index in [1.807, 2.05) is 30.3 Å². The Morgan fingerprint density at radius 2 is 1.76 bits per heavy atom. The van der Waals surface area contributed by atoms with E-state index in [2.05, 4.69) is 10.5 Å². The van der Waals surface area contributed by atoms with Crippen LogP contribution in [0.1, 0.15) is 16.9 Å². The largest absolute Gasteiger partial charge is 0.455 e. The van der Waals surface area contributed by atoms with Gasteiger partial charge in [0.25, 0.3) is 0 Å². The monoisotopic (exact) mass is 344 g/mol. The number of nitrogens with one attached hydrogen (secondary N) is 1. The minimum atomic E-state index is -4.38. The molecule has 1 aromatic heterocycles. The van der Waals surface area contributed by atoms with E-state index in [-0.39, 0.29) is 0 Å². The van der Waals surface area contributed by atoms with Gasteiger partial charge in [-0.05, 0) is 29.8 Å². The van der Waals surface area contributed by atoms with E-state index < -0.39 is 11.7 Å². The van der Waals surface area contributed by atoms with Crippen molar-refractivity contribution in [2.45, 2.75) is 12.7 Å². The number of nitrogens with zero attached hydrogens (tertiary/aromatic N) is 1. The molecule has 0 saturated heterocycles. The summed E-state index contributed by atoms with van der Waals surface area (Å²) >= 11 is 0. The third kappa shape index (κ3) is 4.50. The minimum Gasteiger partial charge on any atom is -0.455 e. The van der Waals surface area contributed by atoms with Crippen molar-refractivity contribution >= 4 is 6.21 Å². The van der Waals surface area contributed by atoms with Crippen LogP contribution < -0.4 is 5.43 Å². The summed E-state index contributed by atoms with van der Waals surface area (Å²) in [5.74, 6) is 0.809. The van der Waals surface area contributed by atoms with Crippen LogP contribution >= 0.6 is 0 Å². The topological polar surface area (TPSA) is 37.5 Å². The van der Waals surface area contributed by atoms with Crippen LogP contribution in [0.15, 0.2) is 76.2 Å². The number of halogens is 3. The van der Waals surface area contributed by atoms with E-state index >= 15 is 0 Å². The second-order valence-electron chi connectivity index (χ2n) is 5.36. The Morgan fingerprint density at radius 1 is 0.960 bits per heavy atom. The van der Waals surface area contributed by atoms with Crippen molar-refractivity contribution in [2.75, 3.05) is 0 Å². The molecule has 2 aromatic carbocycles. The lowest BCUT2D eigenvalue weighted by Gasteiger charge is -2.07. The number of hydrogen-bond donors (Lipinski definition) is 1. The fourth-order valence-electron chi connectivity index (χ4n) is 2.27. The van der Waals surface area contributed by atoms with Crippen molar-refractivity contribution in [1.82, 2.24) is 5.43 Å². The first-order valence-electron chi connectivity index (χ1n) is 7.60. The summed E-state index contributed by atoms with van der Waals surface area (Å²) < 4.78 is 43.9. The second-order valence-corrected chi connectivity index (χ2v) is 5.36. The first-order chi connectivity index (χ1) is 12.0. The van der Waals surface area contributed by atoms with Crippen LogP contribution in [0, 0.1) is 0 Å². The van der Waals surface area contributed by atoms with Crippen molar-refractivity contribution < 1.29 is 17.6 Å². The van der Waals surface area contributed by atoms with E-state index in [4.69, 9.17) is 4.42 Å². The summed E-state index contributed by atoms with van der Waals surface area (Å²) in [4.78, 5) is 0. The van der Waals surface area contributed by atoms with Crippen LogP contribution in [0.2, 0.25) is 0 Å². The standard InChI is InChI=1S/C19H15F3N2O/c20-19(21,22)16-8-4-7-15(11-16)18-10-9-17(25-18)13-24-23-12-14-5-2-1-3-6-14/h1-11,13,23H,12H2. The molecule has 1 N–H and O–H groups in total. The molecule has 0 saturated carbocycles. The van der Waals surface area contributed by atoms with Gasteiger partial charge < -0.3 is 9.84 Å². The first-order valence-corrected chi connectivity index (χ1v) is 7.60. The number of alkyl halides is 3. The van der Waals surface area contributed by atoms with Crippen molar-refractivity contribution in [3.05, 3.63) is 83.6 Å². The Bertz CT molecular complexity index is 854. The summed E-state index contributed by atoms with van der Waals surface area (Å²) in [6, 6.07) is 18.1. The molecule has 3 nitrogen and oxygen atoms in total. The summed E-state index contributed by atoms with van der Waals surface area (Å²) in [6.45, 7) is 0.568. The van der Waals surface area contributed by atoms with Crippen LogP contribution in [0.3, 0.4) is 0 Å². The fourth-order valence-corrected chi connectivity index (χ4v) is 2.27. The Balaban J connectivity index is 1.65. The molecule has 0 unspecified atom stereocenters. The predicted molar refractivity (Wildman–Crippen MR) is 90.0 cm³/mol. The fraction of sp³-hybridized carbons (Fsp3) is 0.105. The number of benzene rings is 2. The summed E-state index contributed by atoms with van der Waals surface area (Å²) in [5.41, 5.74) is 3.64. The van der Waals surface area contributed by atoms with Crippen LogP contribution in [-0.4, -0.2) is 6.21 Å². The molecule has 6 heteroatoms. The Hall–Kier alpha value is -3.02. The highest BCUT2D eigenvalue weighted by molar-refractivity contribution is 5.77. The molecule has 0 fully saturated rings. The number of furan rings is 1. The van der Waals surface area contributed by atoms with Gasteiger partial charge >= 0.3 is 6.18 Å². The van der Waals surface area contributed by atoms with Gasteiger partial charge in [-0.15, -0.1) is 0 Å². The van der Waals surface area contributed by atoms with E-state index in [1.165, 1.54) is 12.3 Å². The zero-order chi connectivity index (χ0) is 17.7. The van der Waals surface area contributed by atoms with Crippen LogP contribution in [0.25, 0.3) is 11.3 Å². The molecule has 3 aromatic rings. The predicted octanol–water partition coefficient (Wildman–Crippen LogP) is 5.09. The molecule has 128 valence electrons. The highest BCUT2D eigenvalue weighted by Gasteiger charge is 2.30. The van der Waals surface area contributed by atoms with Crippen molar-refractivity contribution in [3.8, 4) is 11.3 Å². The van der Waals surface area contributed by atoms with Gasteiger partial charge in [0, 0.05) is 5.56 Å². The SMILES string of the molecule is FC(F)(F)c1cccc(-c2ccc(C=NNCc3ccccc3)o2)c1. The van der Waals surface area contributed by atoms with Crippen LogP contribution in [0.5, 0.6) is 0 Å². The smallest absolute Gasteiger partial charge is 0.416 e. The van der Waals surface area contributed by atoms with Gasteiger partial charge in [0.15, 0.2) is 0 Å². The molecule has 1 heterocycles. The number of hydrazone groups is 1. The van der Waals surface area contributed by atoms with E-state index in [1.54, 1.807) is 18.2 Å². The minimum absolute atomic E-state index is 0.357. The van der Waals surface area contributed by atoms with Crippen LogP contribution in [0.4, 0.5) is 13.2 Å². The average molecular weight is 344 g/mol. The second kappa shape index (κ2) is 7.25. The molecule has 0 spiro atoms. The Labute approximate surface area is 142 Å². The molecule has 0 radical (unpaired) electrons. The van der Waals surface area contributed by atoms with Crippen molar-refractivity contribution in [3.63, 3.8) is 0 Å². The highest BCUT2D eigenvalue weighted by Crippen LogP contribution is 2.32. The van der Waals surface area contributed by atoms with E-state index in [0.717, 1.165) is 17.7 Å². The molecule has 3 rings (SSSR count). The Morgan fingerprint density at radius 3 is 2.52 bits per heavy atom. The highest BCUT2D eigenvalue weighted by atomic mass is 19.4. The first kappa shape index (κ1) is 16.8. The van der Waals surface area contributed by atoms with Crippen molar-refractivity contribution in [2.24, 2.45) is 5.10 Å². The molecule has 0 aliphatic rings. The van der Waals surface area contributed by atoms with Gasteiger partial charge in [-0.1, -0.05) is 42.5 Å². The lowest BCUT2D eigenvalue weighted by Crippen LogP contribution is -2.04. The quantitative estimate of drug-likeness (QED) is 0.517. The molecular weight excluding hydrogens is 329 g/mol. The third-order valence-electron chi connectivity index (χ3n) is 3.51. The molecular formula is C19H15F3N2O.